The van der Waals surface area contributed by atoms with E-state index in [0.29, 0.717) is 0 Å². The number of fused-ring (bicyclic) bond motifs is 1. The van der Waals surface area contributed by atoms with Crippen molar-refractivity contribution >= 4 is 33.2 Å². The zero-order valence-electron chi connectivity index (χ0n) is 20.9. The van der Waals surface area contributed by atoms with Crippen molar-refractivity contribution in [1.82, 2.24) is 19.9 Å². The molecule has 0 aliphatic carbocycles. The molecule has 1 atom stereocenters. The Labute approximate surface area is 220 Å². The number of hydrogen-bond acceptors (Lipinski definition) is 8. The van der Waals surface area contributed by atoms with Gasteiger partial charge in [0.05, 0.1) is 34.6 Å². The molecule has 3 aromatic heterocycles. The minimum Gasteiger partial charge on any atom is -0.378 e. The van der Waals surface area contributed by atoms with Crippen molar-refractivity contribution in [2.45, 2.75) is 19.9 Å². The molecule has 8 heteroatoms. The van der Waals surface area contributed by atoms with Crippen LogP contribution in [-0.4, -0.2) is 46.2 Å². The second-order valence-electron chi connectivity index (χ2n) is 9.22. The number of hydrogen-bond donors (Lipinski definition) is 1. The lowest BCUT2D eigenvalue weighted by Crippen LogP contribution is -2.36. The Morgan fingerprint density at radius 1 is 0.919 bits per heavy atom. The van der Waals surface area contributed by atoms with E-state index in [9.17, 15) is 0 Å². The fourth-order valence-corrected chi connectivity index (χ4v) is 5.29. The number of pyridine rings is 1. The van der Waals surface area contributed by atoms with E-state index in [1.165, 1.54) is 10.3 Å². The third-order valence-corrected chi connectivity index (χ3v) is 7.44. The molecule has 6 rings (SSSR count). The SMILES string of the molecule is Cc1nc(NC(C)c2cccc(-c3ccc(N4CCOCC4)nc3)c2)cc(-c2ccc3scnc3c2)n1. The number of benzene rings is 2. The van der Waals surface area contributed by atoms with Crippen LogP contribution in [0, 0.1) is 6.92 Å². The second kappa shape index (κ2) is 10.2. The number of ether oxygens (including phenoxy) is 1. The molecule has 0 spiro atoms. The van der Waals surface area contributed by atoms with E-state index in [1.54, 1.807) is 11.3 Å². The van der Waals surface area contributed by atoms with Gasteiger partial charge in [-0.25, -0.2) is 19.9 Å². The van der Waals surface area contributed by atoms with Crippen molar-refractivity contribution in [2.75, 3.05) is 36.5 Å². The molecule has 7 nitrogen and oxygen atoms in total. The molecule has 1 aliphatic heterocycles. The highest BCUT2D eigenvalue weighted by Crippen LogP contribution is 2.29. The van der Waals surface area contributed by atoms with Gasteiger partial charge >= 0.3 is 0 Å². The first-order chi connectivity index (χ1) is 18.1. The predicted molar refractivity (Wildman–Crippen MR) is 150 cm³/mol. The van der Waals surface area contributed by atoms with E-state index in [0.717, 1.165) is 71.7 Å². The van der Waals surface area contributed by atoms with E-state index in [-0.39, 0.29) is 6.04 Å². The number of thiazole rings is 1. The first-order valence-corrected chi connectivity index (χ1v) is 13.4. The number of aromatic nitrogens is 4. The standard InChI is InChI=1S/C29H28N6OS/c1-19(32-28-16-25(33-20(2)34-28)23-6-8-27-26(15-23)31-18-37-27)21-4-3-5-22(14-21)24-7-9-29(30-17-24)35-10-12-36-13-11-35/h3-9,14-19H,10-13H2,1-2H3,(H,32,33,34). The highest BCUT2D eigenvalue weighted by atomic mass is 32.1. The quantitative estimate of drug-likeness (QED) is 0.295. The number of nitrogens with zero attached hydrogens (tertiary/aromatic N) is 5. The Hall–Kier alpha value is -3.88. The summed E-state index contributed by atoms with van der Waals surface area (Å²) < 4.78 is 6.63. The Kier molecular flexibility index (Phi) is 6.51. The second-order valence-corrected chi connectivity index (χ2v) is 10.1. The maximum absolute atomic E-state index is 5.45. The van der Waals surface area contributed by atoms with E-state index < -0.39 is 0 Å². The normalized spacial score (nSPS) is 14.6. The first kappa shape index (κ1) is 23.5. The van der Waals surface area contributed by atoms with Gasteiger partial charge in [0.1, 0.15) is 17.5 Å². The zero-order valence-corrected chi connectivity index (χ0v) is 21.7. The van der Waals surface area contributed by atoms with Gasteiger partial charge in [0.2, 0.25) is 0 Å². The van der Waals surface area contributed by atoms with Gasteiger partial charge in [0, 0.05) is 42.5 Å². The summed E-state index contributed by atoms with van der Waals surface area (Å²) in [7, 11) is 0. The molecule has 0 saturated carbocycles. The molecular weight excluding hydrogens is 480 g/mol. The summed E-state index contributed by atoms with van der Waals surface area (Å²) in [6, 6.07) is 21.2. The summed E-state index contributed by atoms with van der Waals surface area (Å²) in [6.45, 7) is 7.35. The fraction of sp³-hybridized carbons (Fsp3) is 0.241. The van der Waals surface area contributed by atoms with Crippen LogP contribution in [0.3, 0.4) is 0 Å². The van der Waals surface area contributed by atoms with Crippen LogP contribution in [0.4, 0.5) is 11.6 Å². The maximum Gasteiger partial charge on any atom is 0.130 e. The van der Waals surface area contributed by atoms with Crippen LogP contribution in [0.25, 0.3) is 32.6 Å². The van der Waals surface area contributed by atoms with E-state index in [4.69, 9.17) is 9.72 Å². The molecule has 4 heterocycles. The van der Waals surface area contributed by atoms with Crippen molar-refractivity contribution in [3.63, 3.8) is 0 Å². The summed E-state index contributed by atoms with van der Waals surface area (Å²) in [6.07, 6.45) is 1.96. The molecule has 1 saturated heterocycles. The van der Waals surface area contributed by atoms with Crippen LogP contribution >= 0.6 is 11.3 Å². The average molecular weight is 509 g/mol. The molecule has 186 valence electrons. The lowest BCUT2D eigenvalue weighted by Gasteiger charge is -2.27. The zero-order chi connectivity index (χ0) is 25.2. The summed E-state index contributed by atoms with van der Waals surface area (Å²) >= 11 is 1.64. The number of nitrogens with one attached hydrogen (secondary N) is 1. The number of aryl methyl sites for hydroxylation is 1. The number of morpholine rings is 1. The lowest BCUT2D eigenvalue weighted by molar-refractivity contribution is 0.122. The lowest BCUT2D eigenvalue weighted by atomic mass is 10.0. The van der Waals surface area contributed by atoms with Gasteiger partial charge in [-0.05, 0) is 55.3 Å². The average Bonchev–Trinajstić information content (AvgIpc) is 3.41. The van der Waals surface area contributed by atoms with Crippen molar-refractivity contribution in [2.24, 2.45) is 0 Å². The molecule has 5 aromatic rings. The Morgan fingerprint density at radius 3 is 2.62 bits per heavy atom. The summed E-state index contributed by atoms with van der Waals surface area (Å²) in [5.41, 5.74) is 8.21. The molecule has 2 aromatic carbocycles. The Morgan fingerprint density at radius 2 is 1.78 bits per heavy atom. The molecule has 0 radical (unpaired) electrons. The van der Waals surface area contributed by atoms with Gasteiger partial charge in [-0.2, -0.15) is 0 Å². The van der Waals surface area contributed by atoms with Crippen LogP contribution in [0.5, 0.6) is 0 Å². The fourth-order valence-electron chi connectivity index (χ4n) is 4.64. The molecule has 0 amide bonds. The van der Waals surface area contributed by atoms with Gasteiger partial charge in [-0.15, -0.1) is 11.3 Å². The predicted octanol–water partition coefficient (Wildman–Crippen LogP) is 6.13. The molecule has 1 aliphatic rings. The summed E-state index contributed by atoms with van der Waals surface area (Å²) in [5.74, 6) is 2.53. The minimum absolute atomic E-state index is 0.0590. The van der Waals surface area contributed by atoms with E-state index >= 15 is 0 Å². The number of rotatable bonds is 6. The van der Waals surface area contributed by atoms with Crippen LogP contribution in [0.2, 0.25) is 0 Å². The van der Waals surface area contributed by atoms with E-state index in [2.05, 4.69) is 86.7 Å². The highest BCUT2D eigenvalue weighted by molar-refractivity contribution is 7.16. The van der Waals surface area contributed by atoms with Crippen molar-refractivity contribution in [3.8, 4) is 22.4 Å². The van der Waals surface area contributed by atoms with Crippen molar-refractivity contribution in [3.05, 3.63) is 83.8 Å². The minimum atomic E-state index is 0.0590. The van der Waals surface area contributed by atoms with Gasteiger partial charge in [0.25, 0.3) is 0 Å². The number of anilines is 2. The summed E-state index contributed by atoms with van der Waals surface area (Å²) in [4.78, 5) is 20.8. The third-order valence-electron chi connectivity index (χ3n) is 6.63. The molecule has 0 bridgehead atoms. The topological polar surface area (TPSA) is 76.1 Å². The Balaban J connectivity index is 1.21. The van der Waals surface area contributed by atoms with Crippen LogP contribution in [-0.2, 0) is 4.74 Å². The van der Waals surface area contributed by atoms with Crippen LogP contribution in [0.15, 0.2) is 72.4 Å². The largest absolute Gasteiger partial charge is 0.378 e. The van der Waals surface area contributed by atoms with Gasteiger partial charge in [-0.3, -0.25) is 0 Å². The van der Waals surface area contributed by atoms with Crippen LogP contribution in [0.1, 0.15) is 24.4 Å². The van der Waals surface area contributed by atoms with Gasteiger partial charge in [0.15, 0.2) is 0 Å². The molecule has 1 N–H and O–H groups in total. The smallest absolute Gasteiger partial charge is 0.130 e. The van der Waals surface area contributed by atoms with Crippen molar-refractivity contribution < 1.29 is 4.74 Å². The molecule has 37 heavy (non-hydrogen) atoms. The van der Waals surface area contributed by atoms with Crippen molar-refractivity contribution in [1.29, 1.82) is 0 Å². The third kappa shape index (κ3) is 5.16. The highest BCUT2D eigenvalue weighted by Gasteiger charge is 2.14. The molecule has 1 unspecified atom stereocenters. The monoisotopic (exact) mass is 508 g/mol. The maximum atomic E-state index is 5.45. The first-order valence-electron chi connectivity index (χ1n) is 12.5. The van der Waals surface area contributed by atoms with Gasteiger partial charge in [-0.1, -0.05) is 24.3 Å². The molecular formula is C29H28N6OS. The van der Waals surface area contributed by atoms with Gasteiger partial charge < -0.3 is 15.0 Å². The Bertz CT molecular complexity index is 1530. The van der Waals surface area contributed by atoms with E-state index in [1.807, 2.05) is 24.7 Å². The van der Waals surface area contributed by atoms with Crippen LogP contribution < -0.4 is 10.2 Å². The molecule has 1 fully saturated rings. The summed E-state index contributed by atoms with van der Waals surface area (Å²) in [5, 5.41) is 3.57.